The first-order chi connectivity index (χ1) is 11.7. The van der Waals surface area contributed by atoms with Gasteiger partial charge in [0.2, 0.25) is 5.91 Å². The molecule has 0 bridgehead atoms. The van der Waals surface area contributed by atoms with Crippen LogP contribution >= 0.6 is 36.2 Å². The van der Waals surface area contributed by atoms with Gasteiger partial charge in [0.25, 0.3) is 0 Å². The van der Waals surface area contributed by atoms with Crippen LogP contribution in [0.2, 0.25) is 0 Å². The number of halogens is 2. The zero-order chi connectivity index (χ0) is 16.8. The standard InChI is InChI=1S/C18H24N4OS.2ClH/c1-14-21-16(13-24-14)11-18(23)22(12-15-5-2-3-9-20-15)17-6-4-8-19-10-7-17;;/h2-3,5,9,13,17,19H,4,6-8,10-12H2,1H3;2*1H. The van der Waals surface area contributed by atoms with Crippen LogP contribution in [-0.4, -0.2) is 39.9 Å². The van der Waals surface area contributed by atoms with Crippen LogP contribution in [0.5, 0.6) is 0 Å². The van der Waals surface area contributed by atoms with E-state index in [9.17, 15) is 4.79 Å². The Morgan fingerprint density at radius 2 is 2.12 bits per heavy atom. The minimum atomic E-state index is 0. The van der Waals surface area contributed by atoms with Crippen LogP contribution in [-0.2, 0) is 17.8 Å². The van der Waals surface area contributed by atoms with Gasteiger partial charge in [0.15, 0.2) is 0 Å². The first-order valence-electron chi connectivity index (χ1n) is 8.53. The van der Waals surface area contributed by atoms with E-state index in [1.165, 1.54) is 0 Å². The number of nitrogens with one attached hydrogen (secondary N) is 1. The lowest BCUT2D eigenvalue weighted by Gasteiger charge is -2.31. The number of aryl methyl sites for hydroxylation is 1. The van der Waals surface area contributed by atoms with Gasteiger partial charge in [-0.1, -0.05) is 6.07 Å². The molecular weight excluding hydrogens is 391 g/mol. The highest BCUT2D eigenvalue weighted by molar-refractivity contribution is 7.09. The van der Waals surface area contributed by atoms with Gasteiger partial charge < -0.3 is 10.2 Å². The number of rotatable bonds is 5. The number of carbonyl (C=O) groups excluding carboxylic acids is 1. The Morgan fingerprint density at radius 1 is 1.27 bits per heavy atom. The Hall–Kier alpha value is -1.21. The normalized spacial score (nSPS) is 16.7. The highest BCUT2D eigenvalue weighted by Crippen LogP contribution is 2.18. The van der Waals surface area contributed by atoms with Gasteiger partial charge >= 0.3 is 0 Å². The fourth-order valence-electron chi connectivity index (χ4n) is 3.15. The van der Waals surface area contributed by atoms with Crippen molar-refractivity contribution in [2.45, 2.75) is 45.2 Å². The third kappa shape index (κ3) is 6.50. The van der Waals surface area contributed by atoms with Crippen molar-refractivity contribution in [3.63, 3.8) is 0 Å². The second-order valence-electron chi connectivity index (χ2n) is 6.21. The smallest absolute Gasteiger partial charge is 0.229 e. The Labute approximate surface area is 171 Å². The SMILES string of the molecule is Cc1nc(CC(=O)N(Cc2ccccn2)C2CCCNCC2)cs1.Cl.Cl. The summed E-state index contributed by atoms with van der Waals surface area (Å²) in [5.74, 6) is 0.151. The molecule has 8 heteroatoms. The predicted octanol–water partition coefficient (Wildman–Crippen LogP) is 3.40. The zero-order valence-corrected chi connectivity index (χ0v) is 17.3. The maximum Gasteiger partial charge on any atom is 0.229 e. The summed E-state index contributed by atoms with van der Waals surface area (Å²) in [5, 5.41) is 6.42. The molecular formula is C18H26Cl2N4OS. The molecule has 0 saturated carbocycles. The largest absolute Gasteiger partial charge is 0.333 e. The van der Waals surface area contributed by atoms with Gasteiger partial charge in [-0.3, -0.25) is 9.78 Å². The molecule has 0 spiro atoms. The Bertz CT molecular complexity index is 660. The van der Waals surface area contributed by atoms with Crippen LogP contribution in [0, 0.1) is 6.92 Å². The van der Waals surface area contributed by atoms with Crippen LogP contribution in [0.4, 0.5) is 0 Å². The number of hydrogen-bond donors (Lipinski definition) is 1. The first kappa shape index (κ1) is 22.8. The summed E-state index contributed by atoms with van der Waals surface area (Å²) in [4.78, 5) is 23.9. The van der Waals surface area contributed by atoms with E-state index in [0.29, 0.717) is 13.0 Å². The molecule has 26 heavy (non-hydrogen) atoms. The number of carbonyl (C=O) groups is 1. The molecule has 1 aliphatic rings. The van der Waals surface area contributed by atoms with E-state index in [-0.39, 0.29) is 36.8 Å². The number of nitrogens with zero attached hydrogens (tertiary/aromatic N) is 3. The molecule has 1 fully saturated rings. The lowest BCUT2D eigenvalue weighted by molar-refractivity contribution is -0.133. The maximum absolute atomic E-state index is 13.0. The summed E-state index contributed by atoms with van der Waals surface area (Å²) in [7, 11) is 0. The fraction of sp³-hybridized carbons (Fsp3) is 0.500. The summed E-state index contributed by atoms with van der Waals surface area (Å²) < 4.78 is 0. The molecule has 0 radical (unpaired) electrons. The lowest BCUT2D eigenvalue weighted by atomic mass is 10.1. The first-order valence-corrected chi connectivity index (χ1v) is 9.41. The molecule has 1 unspecified atom stereocenters. The van der Waals surface area contributed by atoms with Crippen LogP contribution in [0.25, 0.3) is 0 Å². The Balaban J connectivity index is 0.00000169. The summed E-state index contributed by atoms with van der Waals surface area (Å²) in [6, 6.07) is 6.14. The summed E-state index contributed by atoms with van der Waals surface area (Å²) in [6.45, 7) is 4.55. The maximum atomic E-state index is 13.0. The van der Waals surface area contributed by atoms with E-state index < -0.39 is 0 Å². The van der Waals surface area contributed by atoms with Crippen molar-refractivity contribution in [3.05, 3.63) is 46.2 Å². The summed E-state index contributed by atoms with van der Waals surface area (Å²) in [5.41, 5.74) is 1.82. The van der Waals surface area contributed by atoms with Crippen molar-refractivity contribution in [1.82, 2.24) is 20.2 Å². The summed E-state index contributed by atoms with van der Waals surface area (Å²) in [6.07, 6.45) is 5.31. The average Bonchev–Trinajstić information content (AvgIpc) is 2.84. The van der Waals surface area contributed by atoms with E-state index in [1.54, 1.807) is 17.5 Å². The van der Waals surface area contributed by atoms with Gasteiger partial charge in [-0.25, -0.2) is 4.98 Å². The van der Waals surface area contributed by atoms with Crippen molar-refractivity contribution < 1.29 is 4.79 Å². The van der Waals surface area contributed by atoms with Crippen LogP contribution < -0.4 is 5.32 Å². The molecule has 5 nitrogen and oxygen atoms in total. The second-order valence-corrected chi connectivity index (χ2v) is 7.27. The number of pyridine rings is 1. The number of aromatic nitrogens is 2. The minimum absolute atomic E-state index is 0. The molecule has 1 amide bonds. The molecule has 144 valence electrons. The topological polar surface area (TPSA) is 58.1 Å². The summed E-state index contributed by atoms with van der Waals surface area (Å²) >= 11 is 1.60. The minimum Gasteiger partial charge on any atom is -0.333 e. The number of hydrogen-bond acceptors (Lipinski definition) is 5. The third-order valence-corrected chi connectivity index (χ3v) is 5.19. The second kappa shape index (κ2) is 11.5. The quantitative estimate of drug-likeness (QED) is 0.810. The van der Waals surface area contributed by atoms with Crippen molar-refractivity contribution in [3.8, 4) is 0 Å². The fourth-order valence-corrected chi connectivity index (χ4v) is 3.76. The number of amides is 1. The van der Waals surface area contributed by atoms with E-state index in [0.717, 1.165) is 48.7 Å². The molecule has 1 aliphatic heterocycles. The van der Waals surface area contributed by atoms with Gasteiger partial charge in [-0.2, -0.15) is 0 Å². The molecule has 2 aromatic heterocycles. The van der Waals surface area contributed by atoms with Gasteiger partial charge in [0, 0.05) is 17.6 Å². The van der Waals surface area contributed by atoms with Crippen LogP contribution in [0.3, 0.4) is 0 Å². The third-order valence-electron chi connectivity index (χ3n) is 4.36. The molecule has 1 saturated heterocycles. The molecule has 3 heterocycles. The highest BCUT2D eigenvalue weighted by atomic mass is 35.5. The van der Waals surface area contributed by atoms with Crippen LogP contribution in [0.1, 0.15) is 35.7 Å². The van der Waals surface area contributed by atoms with E-state index >= 15 is 0 Å². The zero-order valence-electron chi connectivity index (χ0n) is 14.9. The van der Waals surface area contributed by atoms with Crippen molar-refractivity contribution >= 4 is 42.1 Å². The molecule has 1 N–H and O–H groups in total. The Morgan fingerprint density at radius 3 is 2.81 bits per heavy atom. The van der Waals surface area contributed by atoms with Gasteiger partial charge in [-0.05, 0) is 51.4 Å². The Kier molecular flexibility index (Phi) is 10.1. The molecule has 0 aliphatic carbocycles. The van der Waals surface area contributed by atoms with Crippen molar-refractivity contribution in [1.29, 1.82) is 0 Å². The predicted molar refractivity (Wildman–Crippen MR) is 110 cm³/mol. The van der Waals surface area contributed by atoms with Gasteiger partial charge in [0.1, 0.15) is 0 Å². The highest BCUT2D eigenvalue weighted by Gasteiger charge is 2.25. The van der Waals surface area contributed by atoms with Crippen molar-refractivity contribution in [2.24, 2.45) is 0 Å². The monoisotopic (exact) mass is 416 g/mol. The van der Waals surface area contributed by atoms with Gasteiger partial charge in [-0.15, -0.1) is 36.2 Å². The van der Waals surface area contributed by atoms with Crippen molar-refractivity contribution in [2.75, 3.05) is 13.1 Å². The average molecular weight is 417 g/mol. The lowest BCUT2D eigenvalue weighted by Crippen LogP contribution is -2.41. The molecule has 1 atom stereocenters. The molecule has 3 rings (SSSR count). The molecule has 0 aromatic carbocycles. The number of thiazole rings is 1. The van der Waals surface area contributed by atoms with E-state index in [4.69, 9.17) is 0 Å². The molecule has 2 aromatic rings. The van der Waals surface area contributed by atoms with E-state index in [2.05, 4.69) is 15.3 Å². The van der Waals surface area contributed by atoms with Gasteiger partial charge in [0.05, 0.1) is 29.4 Å². The van der Waals surface area contributed by atoms with Crippen LogP contribution in [0.15, 0.2) is 29.8 Å². The van der Waals surface area contributed by atoms with E-state index in [1.807, 2.05) is 35.4 Å².